The van der Waals surface area contributed by atoms with Crippen LogP contribution in [0.15, 0.2) is 24.3 Å². The molecule has 31 heavy (non-hydrogen) atoms. The lowest BCUT2D eigenvalue weighted by Gasteiger charge is -2.33. The SMILES string of the molecule is Cc1cc(Nc2cc(N3CCN(C)CC3)nc(/C=C/c3cc(F)c(F)c(F)c3)n2)n[nH]1. The van der Waals surface area contributed by atoms with E-state index in [9.17, 15) is 13.2 Å². The number of nitrogens with zero attached hydrogens (tertiary/aromatic N) is 5. The van der Waals surface area contributed by atoms with Gasteiger partial charge in [0.25, 0.3) is 0 Å². The summed E-state index contributed by atoms with van der Waals surface area (Å²) in [6, 6.07) is 5.52. The average Bonchev–Trinajstić information content (AvgIpc) is 3.15. The third-order valence-electron chi connectivity index (χ3n) is 4.95. The first-order chi connectivity index (χ1) is 14.9. The van der Waals surface area contributed by atoms with Gasteiger partial charge in [-0.2, -0.15) is 5.10 Å². The summed E-state index contributed by atoms with van der Waals surface area (Å²) in [4.78, 5) is 13.4. The molecular weight excluding hydrogens is 407 g/mol. The highest BCUT2D eigenvalue weighted by atomic mass is 19.2. The molecule has 1 saturated heterocycles. The van der Waals surface area contributed by atoms with E-state index in [0.29, 0.717) is 17.5 Å². The zero-order valence-electron chi connectivity index (χ0n) is 17.2. The summed E-state index contributed by atoms with van der Waals surface area (Å²) < 4.78 is 40.2. The predicted molar refractivity (Wildman–Crippen MR) is 114 cm³/mol. The number of hydrogen-bond acceptors (Lipinski definition) is 6. The molecule has 1 fully saturated rings. The molecule has 2 aromatic heterocycles. The Labute approximate surface area is 177 Å². The zero-order valence-corrected chi connectivity index (χ0v) is 17.2. The number of benzene rings is 1. The first-order valence-corrected chi connectivity index (χ1v) is 9.81. The number of nitrogens with one attached hydrogen (secondary N) is 2. The van der Waals surface area contributed by atoms with Gasteiger partial charge in [0.05, 0.1) is 0 Å². The Bertz CT molecular complexity index is 1080. The van der Waals surface area contributed by atoms with Crippen molar-refractivity contribution in [3.63, 3.8) is 0 Å². The summed E-state index contributed by atoms with van der Waals surface area (Å²) in [6.45, 7) is 5.33. The number of hydrogen-bond donors (Lipinski definition) is 2. The topological polar surface area (TPSA) is 73.0 Å². The largest absolute Gasteiger partial charge is 0.354 e. The minimum atomic E-state index is -1.49. The van der Waals surface area contributed by atoms with E-state index in [2.05, 4.69) is 42.3 Å². The van der Waals surface area contributed by atoms with Gasteiger partial charge in [0.15, 0.2) is 29.1 Å². The van der Waals surface area contributed by atoms with E-state index in [0.717, 1.165) is 49.8 Å². The lowest BCUT2D eigenvalue weighted by atomic mass is 10.2. The molecule has 0 unspecified atom stereocenters. The maximum absolute atomic E-state index is 13.5. The van der Waals surface area contributed by atoms with Crippen molar-refractivity contribution < 1.29 is 13.2 Å². The van der Waals surface area contributed by atoms with Crippen LogP contribution in [0.2, 0.25) is 0 Å². The molecule has 10 heteroatoms. The minimum absolute atomic E-state index is 0.169. The normalized spacial score (nSPS) is 15.1. The van der Waals surface area contributed by atoms with Crippen LogP contribution in [0.4, 0.5) is 30.6 Å². The Hall–Kier alpha value is -3.40. The summed E-state index contributed by atoms with van der Waals surface area (Å²) in [5.74, 6) is -1.77. The molecule has 1 aliphatic heterocycles. The summed E-state index contributed by atoms with van der Waals surface area (Å²) in [5, 5.41) is 10.2. The standard InChI is InChI=1S/C21H22F3N7/c1-13-9-19(29-28-13)26-18-12-20(31-7-5-30(2)6-8-31)27-17(25-18)4-3-14-10-15(22)21(24)16(23)11-14/h3-4,9-12H,5-8H2,1-2H3,(H2,25,26,27,28,29)/b4-3+. The molecule has 1 aromatic carbocycles. The summed E-state index contributed by atoms with van der Waals surface area (Å²) in [6.07, 6.45) is 2.98. The average molecular weight is 429 g/mol. The Morgan fingerprint density at radius 1 is 0.935 bits per heavy atom. The van der Waals surface area contributed by atoms with E-state index in [1.807, 2.05) is 19.1 Å². The van der Waals surface area contributed by atoms with E-state index < -0.39 is 17.5 Å². The van der Waals surface area contributed by atoms with Gasteiger partial charge in [-0.15, -0.1) is 0 Å². The van der Waals surface area contributed by atoms with Crippen molar-refractivity contribution in [2.75, 3.05) is 43.4 Å². The number of piperazine rings is 1. The molecule has 1 aliphatic rings. The Balaban J connectivity index is 1.65. The second-order valence-electron chi connectivity index (χ2n) is 7.45. The van der Waals surface area contributed by atoms with Crippen molar-refractivity contribution in [1.82, 2.24) is 25.1 Å². The van der Waals surface area contributed by atoms with Crippen molar-refractivity contribution in [2.45, 2.75) is 6.92 Å². The number of rotatable bonds is 5. The van der Waals surface area contributed by atoms with E-state index in [1.54, 1.807) is 0 Å². The van der Waals surface area contributed by atoms with E-state index in [1.165, 1.54) is 12.2 Å². The number of aryl methyl sites for hydroxylation is 1. The van der Waals surface area contributed by atoms with Gasteiger partial charge in [0.2, 0.25) is 0 Å². The lowest BCUT2D eigenvalue weighted by molar-refractivity contribution is 0.312. The van der Waals surface area contributed by atoms with Crippen LogP contribution in [0, 0.1) is 24.4 Å². The lowest BCUT2D eigenvalue weighted by Crippen LogP contribution is -2.44. The van der Waals surface area contributed by atoms with Crippen LogP contribution >= 0.6 is 0 Å². The molecular formula is C21H22F3N7. The summed E-state index contributed by atoms with van der Waals surface area (Å²) >= 11 is 0. The van der Waals surface area contributed by atoms with Crippen molar-refractivity contribution in [2.24, 2.45) is 0 Å². The second-order valence-corrected chi connectivity index (χ2v) is 7.45. The number of likely N-dealkylation sites (N-methyl/N-ethyl adjacent to an activating group) is 1. The van der Waals surface area contributed by atoms with E-state index >= 15 is 0 Å². The maximum Gasteiger partial charge on any atom is 0.194 e. The van der Waals surface area contributed by atoms with Gasteiger partial charge in [-0.3, -0.25) is 5.10 Å². The molecule has 162 valence electrons. The highest BCUT2D eigenvalue weighted by molar-refractivity contribution is 5.69. The highest BCUT2D eigenvalue weighted by Crippen LogP contribution is 2.22. The number of aromatic amines is 1. The van der Waals surface area contributed by atoms with E-state index in [4.69, 9.17) is 0 Å². The molecule has 3 heterocycles. The number of anilines is 3. The first-order valence-electron chi connectivity index (χ1n) is 9.81. The quantitative estimate of drug-likeness (QED) is 0.604. The van der Waals surface area contributed by atoms with Gasteiger partial charge >= 0.3 is 0 Å². The molecule has 3 aromatic rings. The third kappa shape index (κ3) is 5.02. The molecule has 7 nitrogen and oxygen atoms in total. The smallest absolute Gasteiger partial charge is 0.194 e. The zero-order chi connectivity index (χ0) is 22.0. The molecule has 0 saturated carbocycles. The summed E-state index contributed by atoms with van der Waals surface area (Å²) in [7, 11) is 2.07. The van der Waals surface area contributed by atoms with Gasteiger partial charge in [0, 0.05) is 44.0 Å². The fraction of sp³-hybridized carbons (Fsp3) is 0.286. The molecule has 0 bridgehead atoms. The molecule has 0 amide bonds. The predicted octanol–water partition coefficient (Wildman–Crippen LogP) is 3.59. The Morgan fingerprint density at radius 2 is 1.65 bits per heavy atom. The monoisotopic (exact) mass is 429 g/mol. The van der Waals surface area contributed by atoms with Gasteiger partial charge in [-0.1, -0.05) is 6.08 Å². The van der Waals surface area contributed by atoms with Crippen LogP contribution in [0.25, 0.3) is 12.2 Å². The van der Waals surface area contributed by atoms with Crippen LogP contribution < -0.4 is 10.2 Å². The highest BCUT2D eigenvalue weighted by Gasteiger charge is 2.17. The molecule has 0 spiro atoms. The molecule has 0 radical (unpaired) electrons. The third-order valence-corrected chi connectivity index (χ3v) is 4.95. The minimum Gasteiger partial charge on any atom is -0.354 e. The Kier molecular flexibility index (Phi) is 5.90. The number of halogens is 3. The molecule has 0 aliphatic carbocycles. The van der Waals surface area contributed by atoms with Gasteiger partial charge in [-0.25, -0.2) is 23.1 Å². The fourth-order valence-electron chi connectivity index (χ4n) is 3.24. The second kappa shape index (κ2) is 8.76. The van der Waals surface area contributed by atoms with Crippen molar-refractivity contribution in [3.05, 3.63) is 58.8 Å². The number of H-pyrrole nitrogens is 1. The van der Waals surface area contributed by atoms with Crippen molar-refractivity contribution >= 4 is 29.6 Å². The fourth-order valence-corrected chi connectivity index (χ4v) is 3.24. The van der Waals surface area contributed by atoms with Crippen molar-refractivity contribution in [3.8, 4) is 0 Å². The summed E-state index contributed by atoms with van der Waals surface area (Å²) in [5.41, 5.74) is 1.07. The van der Waals surface area contributed by atoms with Crippen LogP contribution in [-0.2, 0) is 0 Å². The maximum atomic E-state index is 13.5. The van der Waals surface area contributed by atoms with Gasteiger partial charge in [-0.05, 0) is 37.7 Å². The molecule has 0 atom stereocenters. The van der Waals surface area contributed by atoms with Crippen LogP contribution in [0.5, 0.6) is 0 Å². The molecule has 2 N–H and O–H groups in total. The molecule has 4 rings (SSSR count). The van der Waals surface area contributed by atoms with E-state index in [-0.39, 0.29) is 5.56 Å². The van der Waals surface area contributed by atoms with Gasteiger partial charge < -0.3 is 15.1 Å². The van der Waals surface area contributed by atoms with Crippen LogP contribution in [0.3, 0.4) is 0 Å². The van der Waals surface area contributed by atoms with Crippen LogP contribution in [0.1, 0.15) is 17.1 Å². The van der Waals surface area contributed by atoms with Crippen LogP contribution in [-0.4, -0.2) is 58.3 Å². The Morgan fingerprint density at radius 3 is 2.29 bits per heavy atom. The van der Waals surface area contributed by atoms with Gasteiger partial charge in [0.1, 0.15) is 11.6 Å². The number of aromatic nitrogens is 4. The van der Waals surface area contributed by atoms with Crippen molar-refractivity contribution in [1.29, 1.82) is 0 Å². The first kappa shape index (κ1) is 20.9.